The van der Waals surface area contributed by atoms with Gasteiger partial charge in [-0.05, 0) is 56.2 Å². The zero-order valence-electron chi connectivity index (χ0n) is 15.7. The van der Waals surface area contributed by atoms with Gasteiger partial charge < -0.3 is 10.6 Å². The molecule has 3 aliphatic rings. The van der Waals surface area contributed by atoms with Crippen LogP contribution in [0.2, 0.25) is 0 Å². The molecule has 2 unspecified atom stereocenters. The smallest absolute Gasteiger partial charge is 0.243 e. The van der Waals surface area contributed by atoms with Crippen molar-refractivity contribution >= 4 is 15.9 Å². The summed E-state index contributed by atoms with van der Waals surface area (Å²) in [5.74, 6) is 0.0212. The summed E-state index contributed by atoms with van der Waals surface area (Å²) in [7, 11) is -3.41. The van der Waals surface area contributed by atoms with Crippen molar-refractivity contribution in [3.8, 4) is 0 Å². The molecule has 0 radical (unpaired) electrons. The average Bonchev–Trinajstić information content (AvgIpc) is 3.01. The van der Waals surface area contributed by atoms with Gasteiger partial charge in [-0.25, -0.2) is 8.42 Å². The summed E-state index contributed by atoms with van der Waals surface area (Å²) < 4.78 is 27.0. The number of carbonyl (C=O) groups excluding carboxylic acids is 1. The molecule has 0 saturated carbocycles. The van der Waals surface area contributed by atoms with Crippen molar-refractivity contribution in [3.05, 3.63) is 29.8 Å². The Morgan fingerprint density at radius 3 is 2.30 bits per heavy atom. The minimum atomic E-state index is -3.41. The summed E-state index contributed by atoms with van der Waals surface area (Å²) in [5, 5.41) is 6.74. The zero-order valence-corrected chi connectivity index (χ0v) is 16.5. The average molecular weight is 392 g/mol. The van der Waals surface area contributed by atoms with E-state index in [1.54, 1.807) is 28.6 Å². The molecule has 1 aromatic carbocycles. The van der Waals surface area contributed by atoms with Crippen LogP contribution in [0.3, 0.4) is 0 Å². The lowest BCUT2D eigenvalue weighted by molar-refractivity contribution is -0.121. The van der Waals surface area contributed by atoms with Crippen LogP contribution in [0.4, 0.5) is 0 Å². The second-order valence-electron chi connectivity index (χ2n) is 8.16. The Bertz CT molecular complexity index is 760. The van der Waals surface area contributed by atoms with Gasteiger partial charge in [0.1, 0.15) is 0 Å². The van der Waals surface area contributed by atoms with Gasteiger partial charge in [0, 0.05) is 31.2 Å². The lowest BCUT2D eigenvalue weighted by atomic mass is 9.99. The van der Waals surface area contributed by atoms with Crippen LogP contribution in [0.1, 0.15) is 50.5 Å². The Morgan fingerprint density at radius 2 is 1.67 bits per heavy atom. The number of nitrogens with zero attached hydrogens (tertiary/aromatic N) is 1. The summed E-state index contributed by atoms with van der Waals surface area (Å²) >= 11 is 0. The quantitative estimate of drug-likeness (QED) is 0.802. The van der Waals surface area contributed by atoms with Gasteiger partial charge in [-0.3, -0.25) is 4.79 Å². The third-order valence-electron chi connectivity index (χ3n) is 6.08. The predicted molar refractivity (Wildman–Crippen MR) is 104 cm³/mol. The molecular formula is C20H29N3O3S. The molecule has 148 valence electrons. The number of nitrogens with one attached hydrogen (secondary N) is 2. The molecule has 0 aliphatic carbocycles. The third kappa shape index (κ3) is 4.36. The number of amides is 1. The van der Waals surface area contributed by atoms with Gasteiger partial charge in [-0.2, -0.15) is 4.31 Å². The molecule has 4 rings (SSSR count). The molecule has 2 bridgehead atoms. The minimum Gasteiger partial charge on any atom is -0.353 e. The van der Waals surface area contributed by atoms with Gasteiger partial charge in [-0.1, -0.05) is 18.6 Å². The van der Waals surface area contributed by atoms with E-state index in [2.05, 4.69) is 10.6 Å². The number of piperidine rings is 2. The Hall–Kier alpha value is -1.44. The number of carbonyl (C=O) groups is 1. The molecular weight excluding hydrogens is 362 g/mol. The molecule has 2 N–H and O–H groups in total. The maximum atomic E-state index is 12.7. The van der Waals surface area contributed by atoms with E-state index >= 15 is 0 Å². The van der Waals surface area contributed by atoms with Crippen molar-refractivity contribution < 1.29 is 13.2 Å². The first-order valence-electron chi connectivity index (χ1n) is 10.2. The van der Waals surface area contributed by atoms with Gasteiger partial charge in [0.05, 0.1) is 11.3 Å². The van der Waals surface area contributed by atoms with Gasteiger partial charge in [0.25, 0.3) is 0 Å². The largest absolute Gasteiger partial charge is 0.353 e. The first kappa shape index (κ1) is 18.9. The van der Waals surface area contributed by atoms with Crippen molar-refractivity contribution in [2.45, 2.75) is 74.4 Å². The minimum absolute atomic E-state index is 0.0212. The second kappa shape index (κ2) is 7.89. The molecule has 0 spiro atoms. The lowest BCUT2D eigenvalue weighted by Gasteiger charge is -2.29. The molecule has 1 aromatic rings. The standard InChI is InChI=1S/C20H29N3O3S/c24-20(22-18-13-16-6-7-17(14-18)21-16)12-15-4-8-19(9-5-15)27(25,26)23-10-2-1-3-11-23/h4-5,8-9,16-18,21H,1-3,6-7,10-14H2,(H,22,24). The maximum absolute atomic E-state index is 12.7. The normalized spacial score (nSPS) is 28.8. The fourth-order valence-corrected chi connectivity index (χ4v) is 6.19. The van der Waals surface area contributed by atoms with E-state index in [1.165, 1.54) is 12.8 Å². The van der Waals surface area contributed by atoms with Crippen molar-refractivity contribution in [1.82, 2.24) is 14.9 Å². The van der Waals surface area contributed by atoms with E-state index in [9.17, 15) is 13.2 Å². The fourth-order valence-electron chi connectivity index (χ4n) is 4.67. The maximum Gasteiger partial charge on any atom is 0.243 e. The third-order valence-corrected chi connectivity index (χ3v) is 7.99. The highest BCUT2D eigenvalue weighted by atomic mass is 32.2. The highest BCUT2D eigenvalue weighted by Gasteiger charge is 2.34. The number of hydrogen-bond acceptors (Lipinski definition) is 4. The van der Waals surface area contributed by atoms with E-state index in [0.717, 1.165) is 37.7 Å². The van der Waals surface area contributed by atoms with E-state index < -0.39 is 10.0 Å². The number of hydrogen-bond donors (Lipinski definition) is 2. The highest BCUT2D eigenvalue weighted by Crippen LogP contribution is 2.27. The summed E-state index contributed by atoms with van der Waals surface area (Å²) in [5.41, 5.74) is 0.849. The zero-order chi connectivity index (χ0) is 18.9. The van der Waals surface area contributed by atoms with Crippen LogP contribution in [0.5, 0.6) is 0 Å². The molecule has 6 nitrogen and oxygen atoms in total. The summed E-state index contributed by atoms with van der Waals surface area (Å²) in [6.45, 7) is 1.20. The molecule has 3 fully saturated rings. The molecule has 3 saturated heterocycles. The van der Waals surface area contributed by atoms with Gasteiger partial charge >= 0.3 is 0 Å². The Morgan fingerprint density at radius 1 is 1.04 bits per heavy atom. The van der Waals surface area contributed by atoms with Gasteiger partial charge in [0.15, 0.2) is 0 Å². The number of rotatable bonds is 5. The van der Waals surface area contributed by atoms with Crippen LogP contribution < -0.4 is 10.6 Å². The molecule has 3 heterocycles. The number of benzene rings is 1. The molecule has 0 aromatic heterocycles. The predicted octanol–water partition coefficient (Wildman–Crippen LogP) is 1.80. The van der Waals surface area contributed by atoms with Crippen LogP contribution in [-0.2, 0) is 21.2 Å². The van der Waals surface area contributed by atoms with Crippen LogP contribution in [0, 0.1) is 0 Å². The van der Waals surface area contributed by atoms with Crippen LogP contribution >= 0.6 is 0 Å². The van der Waals surface area contributed by atoms with Crippen molar-refractivity contribution in [1.29, 1.82) is 0 Å². The topological polar surface area (TPSA) is 78.5 Å². The van der Waals surface area contributed by atoms with E-state index in [4.69, 9.17) is 0 Å². The molecule has 3 aliphatic heterocycles. The van der Waals surface area contributed by atoms with E-state index in [-0.39, 0.29) is 11.9 Å². The fraction of sp³-hybridized carbons (Fsp3) is 0.650. The number of sulfonamides is 1. The second-order valence-corrected chi connectivity index (χ2v) is 10.1. The van der Waals surface area contributed by atoms with Crippen molar-refractivity contribution in [2.24, 2.45) is 0 Å². The Labute approximate surface area is 161 Å². The Kier molecular flexibility index (Phi) is 5.53. The van der Waals surface area contributed by atoms with Gasteiger partial charge in [0.2, 0.25) is 15.9 Å². The summed E-state index contributed by atoms with van der Waals surface area (Å²) in [4.78, 5) is 12.7. The van der Waals surface area contributed by atoms with Crippen molar-refractivity contribution in [2.75, 3.05) is 13.1 Å². The lowest BCUT2D eigenvalue weighted by Crippen LogP contribution is -2.48. The monoisotopic (exact) mass is 391 g/mol. The van der Waals surface area contributed by atoms with E-state index in [0.29, 0.717) is 36.5 Å². The first-order chi connectivity index (χ1) is 13.0. The summed E-state index contributed by atoms with van der Waals surface area (Å²) in [6.07, 6.45) is 7.69. The highest BCUT2D eigenvalue weighted by molar-refractivity contribution is 7.89. The van der Waals surface area contributed by atoms with Crippen LogP contribution in [0.15, 0.2) is 29.2 Å². The summed E-state index contributed by atoms with van der Waals surface area (Å²) in [6, 6.07) is 8.16. The number of fused-ring (bicyclic) bond motifs is 2. The van der Waals surface area contributed by atoms with Crippen LogP contribution in [0.25, 0.3) is 0 Å². The van der Waals surface area contributed by atoms with Crippen LogP contribution in [-0.4, -0.2) is 49.8 Å². The molecule has 2 atom stereocenters. The van der Waals surface area contributed by atoms with Gasteiger partial charge in [-0.15, -0.1) is 0 Å². The Balaban J connectivity index is 1.34. The van der Waals surface area contributed by atoms with E-state index in [1.807, 2.05) is 0 Å². The first-order valence-corrected chi connectivity index (χ1v) is 11.6. The van der Waals surface area contributed by atoms with Crippen molar-refractivity contribution in [3.63, 3.8) is 0 Å². The molecule has 1 amide bonds. The SMILES string of the molecule is O=C(Cc1ccc(S(=O)(=O)N2CCCCC2)cc1)NC1CC2CCC(C1)N2. The molecule has 27 heavy (non-hydrogen) atoms. The molecule has 7 heteroatoms.